The van der Waals surface area contributed by atoms with Crippen LogP contribution in [0, 0.1) is 11.3 Å². The molecule has 0 aromatic carbocycles. The molecule has 3 fully saturated rings. The van der Waals surface area contributed by atoms with Gasteiger partial charge in [-0.1, -0.05) is 19.8 Å². The van der Waals surface area contributed by atoms with Crippen LogP contribution < -0.4 is 10.6 Å². The smallest absolute Gasteiger partial charge is 0.191 e. The molecule has 0 aromatic rings. The van der Waals surface area contributed by atoms with E-state index in [9.17, 15) is 0 Å². The van der Waals surface area contributed by atoms with Crippen LogP contribution >= 0.6 is 0 Å². The first-order valence-corrected chi connectivity index (χ1v) is 9.48. The van der Waals surface area contributed by atoms with E-state index in [1.54, 1.807) is 0 Å². The first kappa shape index (κ1) is 17.0. The summed E-state index contributed by atoms with van der Waals surface area (Å²) in [6.45, 7) is 5.76. The Hall–Kier alpha value is -0.810. The molecule has 2 saturated carbocycles. The average Bonchev–Trinajstić information content (AvgIpc) is 2.93. The van der Waals surface area contributed by atoms with Gasteiger partial charge in [0.2, 0.25) is 0 Å². The Morgan fingerprint density at radius 3 is 2.83 bits per heavy atom. The quantitative estimate of drug-likeness (QED) is 0.409. The molecule has 0 bridgehead atoms. The molecular formula is C18H33N3O2. The van der Waals surface area contributed by atoms with Crippen molar-refractivity contribution in [2.45, 2.75) is 64.0 Å². The highest BCUT2D eigenvalue weighted by Crippen LogP contribution is 2.62. The van der Waals surface area contributed by atoms with Crippen LogP contribution in [0.5, 0.6) is 0 Å². The van der Waals surface area contributed by atoms with Crippen molar-refractivity contribution in [1.82, 2.24) is 10.6 Å². The fraction of sp³-hybridized carbons (Fsp3) is 0.944. The minimum Gasteiger partial charge on any atom is -0.381 e. The topological polar surface area (TPSA) is 54.9 Å². The van der Waals surface area contributed by atoms with Crippen LogP contribution in [0.25, 0.3) is 0 Å². The maximum absolute atomic E-state index is 5.98. The van der Waals surface area contributed by atoms with Crippen LogP contribution in [-0.2, 0) is 9.47 Å². The summed E-state index contributed by atoms with van der Waals surface area (Å²) >= 11 is 0. The van der Waals surface area contributed by atoms with Crippen LogP contribution in [-0.4, -0.2) is 51.5 Å². The van der Waals surface area contributed by atoms with E-state index < -0.39 is 0 Å². The van der Waals surface area contributed by atoms with Crippen molar-refractivity contribution in [1.29, 1.82) is 0 Å². The average molecular weight is 323 g/mol. The second-order valence-electron chi connectivity index (χ2n) is 7.27. The van der Waals surface area contributed by atoms with Gasteiger partial charge in [-0.3, -0.25) is 4.99 Å². The lowest BCUT2D eigenvalue weighted by atomic mass is 9.46. The fourth-order valence-electron chi connectivity index (χ4n) is 4.53. The largest absolute Gasteiger partial charge is 0.381 e. The van der Waals surface area contributed by atoms with Gasteiger partial charge in [0.1, 0.15) is 0 Å². The van der Waals surface area contributed by atoms with Crippen LogP contribution in [0.2, 0.25) is 0 Å². The third kappa shape index (κ3) is 3.36. The zero-order chi connectivity index (χ0) is 16.1. The molecule has 3 rings (SSSR count). The molecule has 2 N–H and O–H groups in total. The molecule has 1 spiro atoms. The molecule has 3 atom stereocenters. The molecule has 3 aliphatic rings. The lowest BCUT2D eigenvalue weighted by molar-refractivity contribution is -0.171. The molecule has 132 valence electrons. The Morgan fingerprint density at radius 1 is 1.30 bits per heavy atom. The van der Waals surface area contributed by atoms with Crippen molar-refractivity contribution >= 4 is 5.96 Å². The lowest BCUT2D eigenvalue weighted by Gasteiger charge is -2.63. The van der Waals surface area contributed by atoms with E-state index >= 15 is 0 Å². The van der Waals surface area contributed by atoms with E-state index in [0.717, 1.165) is 45.2 Å². The Kier molecular flexibility index (Phi) is 5.81. The Morgan fingerprint density at radius 2 is 2.13 bits per heavy atom. The number of aliphatic imine (C=N–C) groups is 1. The van der Waals surface area contributed by atoms with E-state index in [4.69, 9.17) is 9.47 Å². The number of nitrogens with zero attached hydrogens (tertiary/aromatic N) is 1. The number of ether oxygens (including phenoxy) is 2. The molecule has 1 saturated heterocycles. The van der Waals surface area contributed by atoms with Crippen molar-refractivity contribution < 1.29 is 9.47 Å². The second-order valence-corrected chi connectivity index (χ2v) is 7.27. The second kappa shape index (κ2) is 7.84. The lowest BCUT2D eigenvalue weighted by Crippen LogP contribution is -2.72. The number of unbranched alkanes of at least 4 members (excludes halogenated alkanes) is 1. The molecule has 5 nitrogen and oxygen atoms in total. The molecule has 2 aliphatic carbocycles. The third-order valence-corrected chi connectivity index (χ3v) is 5.95. The van der Waals surface area contributed by atoms with E-state index in [1.807, 2.05) is 7.05 Å². The molecule has 5 heteroatoms. The molecule has 23 heavy (non-hydrogen) atoms. The molecule has 0 amide bonds. The highest BCUT2D eigenvalue weighted by Gasteiger charge is 2.66. The summed E-state index contributed by atoms with van der Waals surface area (Å²) < 4.78 is 11.6. The molecular weight excluding hydrogens is 290 g/mol. The summed E-state index contributed by atoms with van der Waals surface area (Å²) in [5.74, 6) is 1.63. The molecule has 3 unspecified atom stereocenters. The highest BCUT2D eigenvalue weighted by molar-refractivity contribution is 5.80. The summed E-state index contributed by atoms with van der Waals surface area (Å²) in [6.07, 6.45) is 9.07. The molecule has 0 radical (unpaired) electrons. The zero-order valence-corrected chi connectivity index (χ0v) is 14.8. The first-order valence-electron chi connectivity index (χ1n) is 9.48. The maximum atomic E-state index is 5.98. The van der Waals surface area contributed by atoms with Gasteiger partial charge in [-0.25, -0.2) is 0 Å². The van der Waals surface area contributed by atoms with Gasteiger partial charge >= 0.3 is 0 Å². The normalized spacial score (nSPS) is 31.4. The van der Waals surface area contributed by atoms with E-state index in [0.29, 0.717) is 23.5 Å². The van der Waals surface area contributed by atoms with Gasteiger partial charge in [0.05, 0.1) is 6.10 Å². The van der Waals surface area contributed by atoms with Gasteiger partial charge in [-0.2, -0.15) is 0 Å². The molecule has 1 aliphatic heterocycles. The summed E-state index contributed by atoms with van der Waals surface area (Å²) in [4.78, 5) is 4.41. The maximum Gasteiger partial charge on any atom is 0.191 e. The van der Waals surface area contributed by atoms with Gasteiger partial charge in [0.25, 0.3) is 0 Å². The SMILES string of the molecule is CCCCOCCCNC(=NC)NC1C2CCOC2C12CCC2. The van der Waals surface area contributed by atoms with E-state index in [1.165, 1.54) is 32.1 Å². The Bertz CT molecular complexity index is 409. The monoisotopic (exact) mass is 323 g/mol. The van der Waals surface area contributed by atoms with Crippen molar-refractivity contribution in [2.24, 2.45) is 16.3 Å². The van der Waals surface area contributed by atoms with Crippen molar-refractivity contribution in [3.8, 4) is 0 Å². The van der Waals surface area contributed by atoms with Gasteiger partial charge < -0.3 is 20.1 Å². The summed E-state index contributed by atoms with van der Waals surface area (Å²) in [5, 5.41) is 7.14. The number of guanidine groups is 1. The predicted octanol–water partition coefficient (Wildman–Crippen LogP) is 2.32. The van der Waals surface area contributed by atoms with Crippen LogP contribution in [0.3, 0.4) is 0 Å². The first-order chi connectivity index (χ1) is 11.3. The van der Waals surface area contributed by atoms with Gasteiger partial charge in [-0.05, 0) is 32.1 Å². The van der Waals surface area contributed by atoms with E-state index in [2.05, 4.69) is 22.5 Å². The van der Waals surface area contributed by atoms with Gasteiger partial charge in [0.15, 0.2) is 5.96 Å². The number of nitrogens with one attached hydrogen (secondary N) is 2. The number of hydrogen-bond acceptors (Lipinski definition) is 3. The summed E-state index contributed by atoms with van der Waals surface area (Å²) in [5.41, 5.74) is 0.405. The number of fused-ring (bicyclic) bond motifs is 2. The highest BCUT2D eigenvalue weighted by atomic mass is 16.5. The van der Waals surface area contributed by atoms with Crippen molar-refractivity contribution in [2.75, 3.05) is 33.4 Å². The van der Waals surface area contributed by atoms with Crippen LogP contribution in [0.15, 0.2) is 4.99 Å². The summed E-state index contributed by atoms with van der Waals surface area (Å²) in [7, 11) is 1.86. The van der Waals surface area contributed by atoms with Crippen molar-refractivity contribution in [3.05, 3.63) is 0 Å². The minimum absolute atomic E-state index is 0.405. The van der Waals surface area contributed by atoms with Gasteiger partial charge in [0, 0.05) is 50.8 Å². The zero-order valence-electron chi connectivity index (χ0n) is 14.8. The van der Waals surface area contributed by atoms with Crippen molar-refractivity contribution in [3.63, 3.8) is 0 Å². The summed E-state index contributed by atoms with van der Waals surface area (Å²) in [6, 6.07) is 0.552. The molecule has 1 heterocycles. The Labute approximate surface area is 140 Å². The molecule has 0 aromatic heterocycles. The fourth-order valence-corrected chi connectivity index (χ4v) is 4.53. The van der Waals surface area contributed by atoms with Crippen LogP contribution in [0.1, 0.15) is 51.9 Å². The van der Waals surface area contributed by atoms with E-state index in [-0.39, 0.29) is 0 Å². The number of rotatable bonds is 8. The third-order valence-electron chi connectivity index (χ3n) is 5.95. The Balaban J connectivity index is 1.38. The van der Waals surface area contributed by atoms with Gasteiger partial charge in [-0.15, -0.1) is 0 Å². The van der Waals surface area contributed by atoms with Crippen LogP contribution in [0.4, 0.5) is 0 Å². The predicted molar refractivity (Wildman–Crippen MR) is 92.8 cm³/mol. The number of hydrogen-bond donors (Lipinski definition) is 2. The standard InChI is InChI=1S/C18H33N3O2/c1-3-4-11-22-12-6-10-20-17(19-2)21-15-14-7-13-23-16(14)18(15)8-5-9-18/h14-16H,3-13H2,1-2H3,(H2,19,20,21). The minimum atomic E-state index is 0.405.